The van der Waals surface area contributed by atoms with Crippen molar-refractivity contribution in [3.05, 3.63) is 0 Å². The van der Waals surface area contributed by atoms with Gasteiger partial charge >= 0.3 is 0 Å². The molecule has 0 spiro atoms. The van der Waals surface area contributed by atoms with E-state index in [1.807, 2.05) is 0 Å². The topological polar surface area (TPSA) is 43.1 Å². The average molecular weight is 156 g/mol. The van der Waals surface area contributed by atoms with Crippen molar-refractivity contribution in [2.24, 2.45) is 5.73 Å². The third kappa shape index (κ3) is 2.11. The van der Waals surface area contributed by atoms with E-state index < -0.39 is 10.8 Å². The van der Waals surface area contributed by atoms with Crippen LogP contribution in [0.4, 0.5) is 0 Å². The van der Waals surface area contributed by atoms with Crippen LogP contribution >= 0.6 is 12.4 Å². The van der Waals surface area contributed by atoms with Gasteiger partial charge in [0, 0.05) is 28.3 Å². The number of hydrogen-bond acceptors (Lipinski definition) is 2. The summed E-state index contributed by atoms with van der Waals surface area (Å²) in [5.74, 6) is 1.54. The van der Waals surface area contributed by atoms with Gasteiger partial charge in [-0.3, -0.25) is 4.21 Å². The number of hydrogen-bond donors (Lipinski definition) is 1. The first-order valence-corrected chi connectivity index (χ1v) is 3.88. The zero-order valence-electron chi connectivity index (χ0n) is 4.50. The molecule has 0 amide bonds. The van der Waals surface area contributed by atoms with Gasteiger partial charge in [-0.25, -0.2) is 0 Å². The molecule has 0 aromatic carbocycles. The van der Waals surface area contributed by atoms with Crippen LogP contribution in [0.1, 0.15) is 6.42 Å². The van der Waals surface area contributed by atoms with Crippen LogP contribution in [0.3, 0.4) is 0 Å². The lowest BCUT2D eigenvalue weighted by molar-refractivity contribution is 0.686. The van der Waals surface area contributed by atoms with Gasteiger partial charge in [0.05, 0.1) is 0 Å². The van der Waals surface area contributed by atoms with Crippen LogP contribution in [0.5, 0.6) is 0 Å². The molecule has 50 valence electrons. The minimum absolute atomic E-state index is 0. The fraction of sp³-hybridized carbons (Fsp3) is 1.00. The van der Waals surface area contributed by atoms with Gasteiger partial charge in [-0.05, 0) is 6.42 Å². The third-order valence-electron chi connectivity index (χ3n) is 1.12. The molecule has 0 bridgehead atoms. The highest BCUT2D eigenvalue weighted by Gasteiger charge is 2.15. The van der Waals surface area contributed by atoms with E-state index in [2.05, 4.69) is 0 Å². The van der Waals surface area contributed by atoms with Crippen molar-refractivity contribution in [1.82, 2.24) is 0 Å². The normalized spacial score (nSPS) is 36.6. The molecule has 1 aliphatic rings. The lowest BCUT2D eigenvalue weighted by Crippen LogP contribution is -2.18. The highest BCUT2D eigenvalue weighted by atomic mass is 35.5. The Kier molecular flexibility index (Phi) is 3.60. The molecule has 0 radical (unpaired) electrons. The SMILES string of the molecule is Cl.N[C@@H]1CCS(=O)C1. The lowest BCUT2D eigenvalue weighted by atomic mass is 10.3. The minimum Gasteiger partial charge on any atom is -0.327 e. The van der Waals surface area contributed by atoms with Gasteiger partial charge in [-0.1, -0.05) is 0 Å². The standard InChI is InChI=1S/C4H9NOS.ClH/c5-4-1-2-7(6)3-4;/h4H,1-3,5H2;1H/t4-,7?;/m1./s1. The molecule has 1 heterocycles. The van der Waals surface area contributed by atoms with E-state index in [9.17, 15) is 4.21 Å². The molecule has 1 rings (SSSR count). The van der Waals surface area contributed by atoms with Crippen molar-refractivity contribution in [1.29, 1.82) is 0 Å². The molecule has 2 N–H and O–H groups in total. The molecule has 8 heavy (non-hydrogen) atoms. The van der Waals surface area contributed by atoms with Crippen LogP contribution in [0.25, 0.3) is 0 Å². The van der Waals surface area contributed by atoms with Crippen LogP contribution in [-0.2, 0) is 10.8 Å². The quantitative estimate of drug-likeness (QED) is 0.531. The predicted molar refractivity (Wildman–Crippen MR) is 37.7 cm³/mol. The maximum atomic E-state index is 10.5. The molecule has 1 fully saturated rings. The average Bonchev–Trinajstić information content (AvgIpc) is 1.87. The van der Waals surface area contributed by atoms with Crippen LogP contribution < -0.4 is 5.73 Å². The molecule has 0 saturated carbocycles. The summed E-state index contributed by atoms with van der Waals surface area (Å²) < 4.78 is 10.5. The fourth-order valence-corrected chi connectivity index (χ4v) is 2.06. The largest absolute Gasteiger partial charge is 0.327 e. The Bertz CT molecular complexity index is 98.0. The molecular weight excluding hydrogens is 146 g/mol. The Morgan fingerprint density at radius 2 is 2.25 bits per heavy atom. The summed E-state index contributed by atoms with van der Waals surface area (Å²) in [6, 6.07) is 0.223. The minimum atomic E-state index is -0.578. The van der Waals surface area contributed by atoms with Crippen LogP contribution in [-0.4, -0.2) is 21.8 Å². The summed E-state index contributed by atoms with van der Waals surface area (Å²) in [6.07, 6.45) is 0.951. The van der Waals surface area contributed by atoms with E-state index in [0.717, 1.165) is 17.9 Å². The number of nitrogens with two attached hydrogens (primary N) is 1. The Balaban J connectivity index is 0.000000490. The van der Waals surface area contributed by atoms with E-state index in [4.69, 9.17) is 5.73 Å². The Morgan fingerprint density at radius 1 is 1.62 bits per heavy atom. The van der Waals surface area contributed by atoms with E-state index >= 15 is 0 Å². The molecule has 1 aliphatic heterocycles. The summed E-state index contributed by atoms with van der Waals surface area (Å²) in [5.41, 5.74) is 5.43. The van der Waals surface area contributed by atoms with Crippen LogP contribution in [0.15, 0.2) is 0 Å². The van der Waals surface area contributed by atoms with Crippen molar-refractivity contribution >= 4 is 23.2 Å². The third-order valence-corrected chi connectivity index (χ3v) is 2.61. The zero-order chi connectivity index (χ0) is 5.28. The molecule has 0 aromatic heterocycles. The number of rotatable bonds is 0. The lowest BCUT2D eigenvalue weighted by Gasteiger charge is -1.91. The summed E-state index contributed by atoms with van der Waals surface area (Å²) in [4.78, 5) is 0. The summed E-state index contributed by atoms with van der Waals surface area (Å²) in [6.45, 7) is 0. The Morgan fingerprint density at radius 3 is 2.38 bits per heavy atom. The second kappa shape index (κ2) is 3.43. The highest BCUT2D eigenvalue weighted by molar-refractivity contribution is 7.85. The van der Waals surface area contributed by atoms with Crippen LogP contribution in [0.2, 0.25) is 0 Å². The second-order valence-electron chi connectivity index (χ2n) is 1.86. The van der Waals surface area contributed by atoms with E-state index in [-0.39, 0.29) is 18.4 Å². The molecule has 1 saturated heterocycles. The zero-order valence-corrected chi connectivity index (χ0v) is 6.13. The maximum Gasteiger partial charge on any atom is 0.0386 e. The van der Waals surface area contributed by atoms with Crippen molar-refractivity contribution in [3.8, 4) is 0 Å². The molecule has 4 heteroatoms. The van der Waals surface area contributed by atoms with Crippen molar-refractivity contribution < 1.29 is 4.21 Å². The smallest absolute Gasteiger partial charge is 0.0386 e. The number of halogens is 1. The Labute approximate surface area is 57.7 Å². The molecule has 2 atom stereocenters. The summed E-state index contributed by atoms with van der Waals surface area (Å²) in [5, 5.41) is 0. The molecular formula is C4H10ClNOS. The van der Waals surface area contributed by atoms with Gasteiger partial charge in [-0.2, -0.15) is 0 Å². The maximum absolute atomic E-state index is 10.5. The Hall–Kier alpha value is 0.400. The van der Waals surface area contributed by atoms with E-state index in [0.29, 0.717) is 0 Å². The first-order chi connectivity index (χ1) is 3.29. The van der Waals surface area contributed by atoms with Gasteiger partial charge in [-0.15, -0.1) is 12.4 Å². The van der Waals surface area contributed by atoms with Crippen LogP contribution in [0, 0.1) is 0 Å². The second-order valence-corrected chi connectivity index (χ2v) is 3.48. The van der Waals surface area contributed by atoms with Crippen molar-refractivity contribution in [2.45, 2.75) is 12.5 Å². The first kappa shape index (κ1) is 8.40. The molecule has 0 aromatic rings. The summed E-state index contributed by atoms with van der Waals surface area (Å²) in [7, 11) is -0.578. The van der Waals surface area contributed by atoms with Gasteiger partial charge in [0.25, 0.3) is 0 Å². The highest BCUT2D eigenvalue weighted by Crippen LogP contribution is 2.03. The first-order valence-electron chi connectivity index (χ1n) is 2.39. The van der Waals surface area contributed by atoms with Crippen molar-refractivity contribution in [2.75, 3.05) is 11.5 Å². The monoisotopic (exact) mass is 155 g/mol. The van der Waals surface area contributed by atoms with Gasteiger partial charge in [0.2, 0.25) is 0 Å². The molecule has 1 unspecified atom stereocenters. The predicted octanol–water partition coefficient (Wildman–Crippen LogP) is -0.112. The van der Waals surface area contributed by atoms with Crippen molar-refractivity contribution in [3.63, 3.8) is 0 Å². The van der Waals surface area contributed by atoms with Gasteiger partial charge < -0.3 is 5.73 Å². The van der Waals surface area contributed by atoms with Gasteiger partial charge in [0.1, 0.15) is 0 Å². The molecule has 2 nitrogen and oxygen atoms in total. The van der Waals surface area contributed by atoms with E-state index in [1.54, 1.807) is 0 Å². The van der Waals surface area contributed by atoms with E-state index in [1.165, 1.54) is 0 Å². The summed E-state index contributed by atoms with van der Waals surface area (Å²) >= 11 is 0. The molecule has 0 aliphatic carbocycles. The fourth-order valence-electron chi connectivity index (χ4n) is 0.688. The van der Waals surface area contributed by atoms with Gasteiger partial charge in [0.15, 0.2) is 0 Å².